The van der Waals surface area contributed by atoms with Crippen molar-refractivity contribution in [2.24, 2.45) is 0 Å². The summed E-state index contributed by atoms with van der Waals surface area (Å²) in [6, 6.07) is 14.0. The molecular formula is C19H20N4O5S2. The van der Waals surface area contributed by atoms with E-state index in [1.165, 1.54) is 7.11 Å². The fraction of sp³-hybridized carbons (Fsp3) is 0.211. The van der Waals surface area contributed by atoms with Crippen molar-refractivity contribution in [3.63, 3.8) is 0 Å². The Hall–Kier alpha value is -3.02. The zero-order valence-electron chi connectivity index (χ0n) is 16.3. The zero-order chi connectivity index (χ0) is 21.6. The van der Waals surface area contributed by atoms with Crippen molar-refractivity contribution in [3.8, 4) is 11.5 Å². The van der Waals surface area contributed by atoms with Crippen molar-refractivity contribution in [1.29, 1.82) is 0 Å². The summed E-state index contributed by atoms with van der Waals surface area (Å²) in [5, 5.41) is 10.0. The van der Waals surface area contributed by atoms with Crippen molar-refractivity contribution < 1.29 is 22.7 Å². The predicted molar refractivity (Wildman–Crippen MR) is 113 cm³/mol. The molecule has 0 bridgehead atoms. The Labute approximate surface area is 178 Å². The second-order valence-corrected chi connectivity index (χ2v) is 9.01. The third-order valence-corrected chi connectivity index (χ3v) is 6.56. The average molecular weight is 449 g/mol. The van der Waals surface area contributed by atoms with Gasteiger partial charge in [0.25, 0.3) is 15.9 Å². The number of carbonyl (C=O) groups excluding carboxylic acids is 1. The van der Waals surface area contributed by atoms with Crippen molar-refractivity contribution >= 4 is 32.4 Å². The van der Waals surface area contributed by atoms with Gasteiger partial charge >= 0.3 is 0 Å². The van der Waals surface area contributed by atoms with Crippen molar-refractivity contribution in [2.45, 2.75) is 11.3 Å². The van der Waals surface area contributed by atoms with Crippen LogP contribution >= 0.6 is 11.3 Å². The largest absolute Gasteiger partial charge is 0.493 e. The Morgan fingerprint density at radius 1 is 1.07 bits per heavy atom. The summed E-state index contributed by atoms with van der Waals surface area (Å²) in [5.41, 5.74) is 1.46. The molecule has 0 saturated carbocycles. The summed E-state index contributed by atoms with van der Waals surface area (Å²) < 4.78 is 37.6. The number of nitrogens with one attached hydrogen (secondary N) is 2. The van der Waals surface area contributed by atoms with E-state index < -0.39 is 15.9 Å². The van der Waals surface area contributed by atoms with E-state index in [-0.39, 0.29) is 22.6 Å². The molecule has 0 saturated heterocycles. The molecule has 1 amide bonds. The van der Waals surface area contributed by atoms with Crippen LogP contribution in [0.2, 0.25) is 0 Å². The Kier molecular flexibility index (Phi) is 6.98. The van der Waals surface area contributed by atoms with Gasteiger partial charge in [0.15, 0.2) is 11.5 Å². The molecule has 0 atom stereocenters. The smallest absolute Gasteiger partial charge is 0.269 e. The molecular weight excluding hydrogens is 428 g/mol. The molecule has 2 aromatic carbocycles. The molecule has 3 aromatic rings. The summed E-state index contributed by atoms with van der Waals surface area (Å²) in [5.74, 6) is 0.669. The van der Waals surface area contributed by atoms with Crippen LogP contribution in [0.15, 0.2) is 52.9 Å². The first-order valence-electron chi connectivity index (χ1n) is 8.86. The molecule has 0 aliphatic carbocycles. The number of hydrogen-bond donors (Lipinski definition) is 2. The monoisotopic (exact) mass is 448 g/mol. The summed E-state index contributed by atoms with van der Waals surface area (Å²) in [6.45, 7) is 2.03. The molecule has 0 aliphatic rings. The Morgan fingerprint density at radius 2 is 1.77 bits per heavy atom. The number of hydrogen-bond acceptors (Lipinski definition) is 8. The number of sulfonamides is 1. The highest BCUT2D eigenvalue weighted by Crippen LogP contribution is 2.25. The van der Waals surface area contributed by atoms with Gasteiger partial charge < -0.3 is 9.47 Å². The van der Waals surface area contributed by atoms with Crippen LogP contribution in [0, 0.1) is 6.92 Å². The Bertz CT molecular complexity index is 1110. The van der Waals surface area contributed by atoms with E-state index >= 15 is 0 Å². The Morgan fingerprint density at radius 3 is 2.47 bits per heavy atom. The highest BCUT2D eigenvalue weighted by atomic mass is 32.2. The molecule has 30 heavy (non-hydrogen) atoms. The van der Waals surface area contributed by atoms with Gasteiger partial charge in [-0.3, -0.25) is 10.1 Å². The van der Waals surface area contributed by atoms with Gasteiger partial charge in [-0.25, -0.2) is 13.1 Å². The number of aromatic nitrogens is 2. The maximum absolute atomic E-state index is 12.4. The minimum absolute atomic E-state index is 0.0189. The van der Waals surface area contributed by atoms with Gasteiger partial charge in [0.1, 0.15) is 6.61 Å². The van der Waals surface area contributed by atoms with Gasteiger partial charge in [-0.15, -0.1) is 10.2 Å². The van der Waals surface area contributed by atoms with Gasteiger partial charge in [-0.2, -0.15) is 0 Å². The number of ether oxygens (including phenoxy) is 2. The molecule has 0 unspecified atom stereocenters. The molecule has 11 heteroatoms. The second-order valence-electron chi connectivity index (χ2n) is 6.09. The number of methoxy groups -OCH3 is 1. The lowest BCUT2D eigenvalue weighted by atomic mass is 10.1. The summed E-state index contributed by atoms with van der Waals surface area (Å²) in [4.78, 5) is 12.2. The van der Waals surface area contributed by atoms with E-state index in [4.69, 9.17) is 9.47 Å². The van der Waals surface area contributed by atoms with Crippen LogP contribution in [-0.4, -0.2) is 44.8 Å². The minimum Gasteiger partial charge on any atom is -0.493 e. The number of amides is 1. The van der Waals surface area contributed by atoms with Crippen LogP contribution in [0.3, 0.4) is 0 Å². The lowest BCUT2D eigenvalue weighted by molar-refractivity contribution is 0.102. The van der Waals surface area contributed by atoms with Gasteiger partial charge in [0.05, 0.1) is 7.11 Å². The van der Waals surface area contributed by atoms with Crippen LogP contribution in [0.5, 0.6) is 11.5 Å². The first-order valence-corrected chi connectivity index (χ1v) is 11.2. The molecule has 2 N–H and O–H groups in total. The van der Waals surface area contributed by atoms with E-state index in [0.717, 1.165) is 16.9 Å². The zero-order valence-corrected chi connectivity index (χ0v) is 17.9. The van der Waals surface area contributed by atoms with E-state index in [1.54, 1.807) is 36.4 Å². The second kappa shape index (κ2) is 9.65. The van der Waals surface area contributed by atoms with Crippen molar-refractivity contribution in [3.05, 3.63) is 59.7 Å². The van der Waals surface area contributed by atoms with Gasteiger partial charge in [0, 0.05) is 12.1 Å². The topological polar surface area (TPSA) is 120 Å². The number of rotatable bonds is 9. The summed E-state index contributed by atoms with van der Waals surface area (Å²) in [6.07, 6.45) is 0. The van der Waals surface area contributed by atoms with Crippen molar-refractivity contribution in [1.82, 2.24) is 14.9 Å². The quantitative estimate of drug-likeness (QED) is 0.381. The number of benzene rings is 2. The molecule has 3 rings (SSSR count). The first kappa shape index (κ1) is 21.7. The van der Waals surface area contributed by atoms with E-state index in [2.05, 4.69) is 20.2 Å². The van der Waals surface area contributed by atoms with Crippen LogP contribution in [0.1, 0.15) is 15.9 Å². The standard InChI is InChI=1S/C19H20N4O5S2/c1-13-7-9-14(10-8-13)17(24)21-18-22-23-19(29-18)30(25,26)20-11-12-28-16-6-4-3-5-15(16)27-2/h3-10,20H,11-12H2,1-2H3,(H,21,22,24). The van der Waals surface area contributed by atoms with Crippen LogP contribution < -0.4 is 19.5 Å². The average Bonchev–Trinajstić information content (AvgIpc) is 3.21. The number of aryl methyl sites for hydroxylation is 1. The number of carbonyl (C=O) groups is 1. The predicted octanol–water partition coefficient (Wildman–Crippen LogP) is 2.46. The van der Waals surface area contributed by atoms with Gasteiger partial charge in [0.2, 0.25) is 9.47 Å². The SMILES string of the molecule is COc1ccccc1OCCNS(=O)(=O)c1nnc(NC(=O)c2ccc(C)cc2)s1. The minimum atomic E-state index is -3.88. The van der Waals surface area contributed by atoms with Gasteiger partial charge in [-0.05, 0) is 31.2 Å². The summed E-state index contributed by atoms with van der Waals surface area (Å²) in [7, 11) is -2.36. The molecule has 0 spiro atoms. The van der Waals surface area contributed by atoms with Gasteiger partial charge in [-0.1, -0.05) is 41.2 Å². The third-order valence-electron chi connectivity index (χ3n) is 3.89. The molecule has 1 heterocycles. The lowest BCUT2D eigenvalue weighted by Crippen LogP contribution is -2.28. The number of anilines is 1. The lowest BCUT2D eigenvalue weighted by Gasteiger charge is -2.10. The molecule has 9 nitrogen and oxygen atoms in total. The molecule has 158 valence electrons. The molecule has 1 aromatic heterocycles. The third kappa shape index (κ3) is 5.53. The maximum atomic E-state index is 12.4. The van der Waals surface area contributed by atoms with Crippen LogP contribution in [0.4, 0.5) is 5.13 Å². The molecule has 0 aliphatic heterocycles. The summed E-state index contributed by atoms with van der Waals surface area (Å²) >= 11 is 0.761. The van der Waals surface area contributed by atoms with Crippen molar-refractivity contribution in [2.75, 3.05) is 25.6 Å². The fourth-order valence-corrected chi connectivity index (χ4v) is 4.33. The van der Waals surface area contributed by atoms with E-state index in [0.29, 0.717) is 17.1 Å². The highest BCUT2D eigenvalue weighted by molar-refractivity contribution is 7.91. The van der Waals surface area contributed by atoms with E-state index in [9.17, 15) is 13.2 Å². The molecule has 0 radical (unpaired) electrons. The fourth-order valence-electron chi connectivity index (χ4n) is 2.38. The maximum Gasteiger partial charge on any atom is 0.269 e. The highest BCUT2D eigenvalue weighted by Gasteiger charge is 2.21. The number of para-hydroxylation sites is 2. The number of nitrogens with zero attached hydrogens (tertiary/aromatic N) is 2. The Balaban J connectivity index is 1.54. The van der Waals surface area contributed by atoms with E-state index in [1.807, 2.05) is 19.1 Å². The molecule has 0 fully saturated rings. The van der Waals surface area contributed by atoms with Crippen LogP contribution in [0.25, 0.3) is 0 Å². The first-order chi connectivity index (χ1) is 14.4. The van der Waals surface area contributed by atoms with Crippen LogP contribution in [-0.2, 0) is 10.0 Å². The normalized spacial score (nSPS) is 11.1.